The molecule has 1 aromatic carbocycles. The Labute approximate surface area is 144 Å². The Balaban J connectivity index is 2.23. The minimum Gasteiger partial charge on any atom is -0.451 e. The van der Waals surface area contributed by atoms with Crippen LogP contribution in [0.3, 0.4) is 0 Å². The average Bonchev–Trinajstić information content (AvgIpc) is 2.96. The number of Topliss-reactive ketones (excluding diaryl/α,β-unsaturated/α-hetero) is 1. The van der Waals surface area contributed by atoms with Gasteiger partial charge in [-0.1, -0.05) is 18.2 Å². The third kappa shape index (κ3) is 4.05. The van der Waals surface area contributed by atoms with Crippen molar-refractivity contribution >= 4 is 22.7 Å². The molecule has 1 heterocycles. The Bertz CT molecular complexity index is 869. The number of carbonyl (C=O) groups is 2. The fourth-order valence-electron chi connectivity index (χ4n) is 2.25. The summed E-state index contributed by atoms with van der Waals surface area (Å²) >= 11 is 0. The molecule has 25 heavy (non-hydrogen) atoms. The zero-order valence-corrected chi connectivity index (χ0v) is 14.0. The van der Waals surface area contributed by atoms with Gasteiger partial charge in [-0.15, -0.1) is 0 Å². The van der Waals surface area contributed by atoms with Gasteiger partial charge in [-0.3, -0.25) is 4.79 Å². The number of carbonyl (C=O) groups excluding carboxylic acids is 2. The summed E-state index contributed by atoms with van der Waals surface area (Å²) in [5.74, 6) is -1.49. The van der Waals surface area contributed by atoms with Crippen molar-refractivity contribution in [2.24, 2.45) is 5.73 Å². The van der Waals surface area contributed by atoms with E-state index in [1.807, 2.05) is 19.1 Å². The summed E-state index contributed by atoms with van der Waals surface area (Å²) in [7, 11) is 0. The third-order valence-electron chi connectivity index (χ3n) is 3.45. The lowest BCUT2D eigenvalue weighted by molar-refractivity contribution is -0.118. The monoisotopic (exact) mass is 342 g/mol. The highest BCUT2D eigenvalue weighted by atomic mass is 16.5. The number of nitriles is 1. The minimum absolute atomic E-state index is 0.0191. The fourth-order valence-corrected chi connectivity index (χ4v) is 2.25. The van der Waals surface area contributed by atoms with Gasteiger partial charge in [0, 0.05) is 23.3 Å². The van der Waals surface area contributed by atoms with Gasteiger partial charge in [-0.05, 0) is 19.9 Å². The van der Waals surface area contributed by atoms with Gasteiger partial charge in [-0.2, -0.15) is 5.26 Å². The summed E-state index contributed by atoms with van der Waals surface area (Å²) in [5.41, 5.74) is 6.38. The molecule has 2 aromatic rings. The Morgan fingerprint density at radius 3 is 2.68 bits per heavy atom. The van der Waals surface area contributed by atoms with Crippen molar-refractivity contribution in [2.45, 2.75) is 20.5 Å². The van der Waals surface area contributed by atoms with E-state index in [-0.39, 0.29) is 23.6 Å². The highest BCUT2D eigenvalue weighted by Crippen LogP contribution is 2.27. The van der Waals surface area contributed by atoms with Crippen LogP contribution in [0.1, 0.15) is 30.0 Å². The quantitative estimate of drug-likeness (QED) is 0.467. The van der Waals surface area contributed by atoms with Crippen LogP contribution >= 0.6 is 0 Å². The van der Waals surface area contributed by atoms with E-state index in [1.54, 1.807) is 18.2 Å². The molecular formula is C18H18N2O5. The average molecular weight is 342 g/mol. The van der Waals surface area contributed by atoms with Crippen molar-refractivity contribution in [3.8, 4) is 6.07 Å². The molecule has 0 spiro atoms. The molecule has 130 valence electrons. The Morgan fingerprint density at radius 2 is 2.04 bits per heavy atom. The van der Waals surface area contributed by atoms with E-state index >= 15 is 0 Å². The first-order valence-corrected chi connectivity index (χ1v) is 7.64. The fraction of sp³-hybridized carbons (Fsp3) is 0.278. The molecule has 0 saturated carbocycles. The molecule has 0 amide bonds. The highest BCUT2D eigenvalue weighted by Gasteiger charge is 2.23. The van der Waals surface area contributed by atoms with Gasteiger partial charge in [0.15, 0.2) is 6.61 Å². The van der Waals surface area contributed by atoms with Crippen molar-refractivity contribution in [1.82, 2.24) is 0 Å². The van der Waals surface area contributed by atoms with E-state index < -0.39 is 18.4 Å². The predicted octanol–water partition coefficient (Wildman–Crippen LogP) is 2.45. The van der Waals surface area contributed by atoms with Gasteiger partial charge in [0.25, 0.3) is 0 Å². The van der Waals surface area contributed by atoms with Crippen molar-refractivity contribution < 1.29 is 23.5 Å². The molecule has 1 aromatic heterocycles. The molecule has 2 rings (SSSR count). The van der Waals surface area contributed by atoms with Gasteiger partial charge in [0.1, 0.15) is 17.2 Å². The van der Waals surface area contributed by atoms with Crippen molar-refractivity contribution in [3.05, 3.63) is 46.9 Å². The van der Waals surface area contributed by atoms with E-state index in [4.69, 9.17) is 24.9 Å². The van der Waals surface area contributed by atoms with Crippen LogP contribution in [0, 0.1) is 11.3 Å². The number of para-hydroxylation sites is 1. The molecule has 2 N–H and O–H groups in total. The summed E-state index contributed by atoms with van der Waals surface area (Å²) in [6.07, 6.45) is 0. The molecule has 0 aliphatic rings. The third-order valence-corrected chi connectivity index (χ3v) is 3.45. The van der Waals surface area contributed by atoms with Crippen molar-refractivity contribution in [1.29, 1.82) is 5.26 Å². The molecule has 0 atom stereocenters. The number of ether oxygens (including phenoxy) is 2. The van der Waals surface area contributed by atoms with Gasteiger partial charge >= 0.3 is 5.97 Å². The SMILES string of the molecule is CCOCc1c(C(=O)OCC(=O)/C(C#N)=C(\C)N)oc2ccccc12. The minimum atomic E-state index is -0.800. The van der Waals surface area contributed by atoms with E-state index in [1.165, 1.54) is 6.92 Å². The van der Waals surface area contributed by atoms with E-state index in [9.17, 15) is 9.59 Å². The number of esters is 1. The maximum atomic E-state index is 12.3. The van der Waals surface area contributed by atoms with E-state index in [0.29, 0.717) is 17.8 Å². The zero-order valence-electron chi connectivity index (χ0n) is 14.0. The smallest absolute Gasteiger partial charge is 0.375 e. The van der Waals surface area contributed by atoms with Crippen LogP contribution in [0.4, 0.5) is 0 Å². The molecular weight excluding hydrogens is 324 g/mol. The molecule has 0 aliphatic heterocycles. The molecule has 7 heteroatoms. The van der Waals surface area contributed by atoms with Gasteiger partial charge in [0.05, 0.1) is 6.61 Å². The number of hydrogen-bond donors (Lipinski definition) is 1. The summed E-state index contributed by atoms with van der Waals surface area (Å²) < 4.78 is 15.9. The van der Waals surface area contributed by atoms with E-state index in [2.05, 4.69) is 0 Å². The molecule has 0 radical (unpaired) electrons. The number of furan rings is 1. The normalized spacial score (nSPS) is 11.7. The predicted molar refractivity (Wildman–Crippen MR) is 89.3 cm³/mol. The lowest BCUT2D eigenvalue weighted by atomic mass is 10.1. The first-order chi connectivity index (χ1) is 12.0. The topological polar surface area (TPSA) is 116 Å². The molecule has 0 unspecified atom stereocenters. The summed E-state index contributed by atoms with van der Waals surface area (Å²) in [4.78, 5) is 24.2. The second kappa shape index (κ2) is 8.13. The first-order valence-electron chi connectivity index (χ1n) is 7.64. The Hall–Kier alpha value is -3.11. The number of benzene rings is 1. The van der Waals surface area contributed by atoms with Crippen molar-refractivity contribution in [3.63, 3.8) is 0 Å². The van der Waals surface area contributed by atoms with Gasteiger partial charge in [0.2, 0.25) is 11.5 Å². The van der Waals surface area contributed by atoms with Crippen LogP contribution < -0.4 is 5.73 Å². The number of hydrogen-bond acceptors (Lipinski definition) is 7. The maximum Gasteiger partial charge on any atom is 0.375 e. The number of nitrogens with two attached hydrogens (primary N) is 1. The lowest BCUT2D eigenvalue weighted by Gasteiger charge is -2.05. The molecule has 0 fully saturated rings. The second-order valence-electron chi connectivity index (χ2n) is 5.21. The zero-order chi connectivity index (χ0) is 18.4. The molecule has 0 aliphatic carbocycles. The number of fused-ring (bicyclic) bond motifs is 1. The lowest BCUT2D eigenvalue weighted by Crippen LogP contribution is -2.18. The van der Waals surface area contributed by atoms with Gasteiger partial charge in [-0.25, -0.2) is 4.79 Å². The van der Waals surface area contributed by atoms with Crippen LogP contribution in [0.2, 0.25) is 0 Å². The van der Waals surface area contributed by atoms with Crippen molar-refractivity contribution in [2.75, 3.05) is 13.2 Å². The second-order valence-corrected chi connectivity index (χ2v) is 5.21. The van der Waals surface area contributed by atoms with Crippen LogP contribution in [0.5, 0.6) is 0 Å². The number of nitrogens with zero attached hydrogens (tertiary/aromatic N) is 1. The summed E-state index contributed by atoms with van der Waals surface area (Å²) in [5, 5.41) is 9.64. The van der Waals surface area contributed by atoms with Gasteiger partial charge < -0.3 is 19.6 Å². The molecule has 7 nitrogen and oxygen atoms in total. The first kappa shape index (κ1) is 18.2. The van der Waals surface area contributed by atoms with E-state index in [0.717, 1.165) is 5.39 Å². The summed E-state index contributed by atoms with van der Waals surface area (Å²) in [6.45, 7) is 3.32. The largest absolute Gasteiger partial charge is 0.451 e. The number of ketones is 1. The number of rotatable bonds is 7. The summed E-state index contributed by atoms with van der Waals surface area (Å²) in [6, 6.07) is 8.83. The molecule has 0 bridgehead atoms. The highest BCUT2D eigenvalue weighted by molar-refractivity contribution is 6.02. The molecule has 0 saturated heterocycles. The number of allylic oxidation sites excluding steroid dienone is 1. The maximum absolute atomic E-state index is 12.3. The van der Waals surface area contributed by atoms with Crippen LogP contribution in [0.15, 0.2) is 40.0 Å². The van der Waals surface area contributed by atoms with Crippen LogP contribution in [0.25, 0.3) is 11.0 Å². The van der Waals surface area contributed by atoms with Crippen LogP contribution in [-0.4, -0.2) is 25.0 Å². The van der Waals surface area contributed by atoms with Crippen LogP contribution in [-0.2, 0) is 20.9 Å². The Morgan fingerprint density at radius 1 is 1.32 bits per heavy atom. The standard InChI is InChI=1S/C18H18N2O5/c1-3-23-9-14-12-6-4-5-7-16(12)25-17(14)18(22)24-10-15(21)13(8-19)11(2)20/h4-7H,3,9-10,20H2,1-2H3/b13-11+. The Kier molecular flexibility index (Phi) is 5.93.